The Labute approximate surface area is 104 Å². The number of hydrogen-bond acceptors (Lipinski definition) is 6. The third-order valence-electron chi connectivity index (χ3n) is 3.80. The lowest BCUT2D eigenvalue weighted by atomic mass is 9.71. The Kier molecular flexibility index (Phi) is 2.77. The third kappa shape index (κ3) is 1.56. The molecule has 0 spiro atoms. The molecule has 0 aromatic heterocycles. The van der Waals surface area contributed by atoms with Crippen LogP contribution in [0.2, 0.25) is 0 Å². The van der Waals surface area contributed by atoms with Crippen LogP contribution in [0.15, 0.2) is 11.8 Å². The number of ether oxygens (including phenoxy) is 1. The van der Waals surface area contributed by atoms with E-state index in [2.05, 4.69) is 0 Å². The molecule has 0 aromatic carbocycles. The normalized spacial score (nSPS) is 35.8. The van der Waals surface area contributed by atoms with Gasteiger partial charge in [-0.25, -0.2) is 0 Å². The fourth-order valence-electron chi connectivity index (χ4n) is 3.12. The van der Waals surface area contributed by atoms with Crippen molar-refractivity contribution >= 4 is 0 Å². The number of piperidine rings is 1. The van der Waals surface area contributed by atoms with E-state index in [0.717, 1.165) is 0 Å². The molecule has 1 aliphatic heterocycles. The summed E-state index contributed by atoms with van der Waals surface area (Å²) < 4.78 is 5.08. The highest BCUT2D eigenvalue weighted by Gasteiger charge is 2.66. The molecule has 8 heteroatoms. The minimum Gasteiger partial charge on any atom is -0.494 e. The average molecular weight is 257 g/mol. The Bertz CT molecular complexity index is 437. The fraction of sp³-hybridized carbons (Fsp3) is 0.800. The van der Waals surface area contributed by atoms with Gasteiger partial charge >= 0.3 is 0 Å². The average Bonchev–Trinajstić information content (AvgIpc) is 2.28. The van der Waals surface area contributed by atoms with Crippen LogP contribution in [0.25, 0.3) is 0 Å². The highest BCUT2D eigenvalue weighted by molar-refractivity contribution is 5.22. The predicted octanol–water partition coefficient (Wildman–Crippen LogP) is 0.287. The van der Waals surface area contributed by atoms with Crippen molar-refractivity contribution in [3.8, 4) is 0 Å². The summed E-state index contributed by atoms with van der Waals surface area (Å²) in [6.07, 6.45) is 1.56. The minimum atomic E-state index is -1.49. The van der Waals surface area contributed by atoms with Crippen molar-refractivity contribution in [1.82, 2.24) is 4.90 Å². The van der Waals surface area contributed by atoms with Gasteiger partial charge in [-0.05, 0) is 13.1 Å². The lowest BCUT2D eigenvalue weighted by molar-refractivity contribution is -0.623. The molecule has 0 unspecified atom stereocenters. The topological polar surface area (TPSA) is 98.8 Å². The van der Waals surface area contributed by atoms with Crippen LogP contribution in [-0.4, -0.2) is 53.1 Å². The lowest BCUT2D eigenvalue weighted by Crippen LogP contribution is -2.66. The van der Waals surface area contributed by atoms with Crippen molar-refractivity contribution in [3.05, 3.63) is 32.1 Å². The number of hydrogen-bond donors (Lipinski definition) is 0. The van der Waals surface area contributed by atoms with Crippen LogP contribution in [0, 0.1) is 20.2 Å². The molecular weight excluding hydrogens is 242 g/mol. The van der Waals surface area contributed by atoms with E-state index in [1.807, 2.05) is 0 Å². The highest BCUT2D eigenvalue weighted by atomic mass is 16.6. The van der Waals surface area contributed by atoms with E-state index < -0.39 is 16.0 Å². The van der Waals surface area contributed by atoms with E-state index >= 15 is 0 Å². The van der Waals surface area contributed by atoms with Crippen molar-refractivity contribution in [2.75, 3.05) is 27.2 Å². The van der Waals surface area contributed by atoms with E-state index in [-0.39, 0.29) is 36.6 Å². The number of nitro groups is 2. The summed E-state index contributed by atoms with van der Waals surface area (Å²) in [6.45, 7) is 0.359. The van der Waals surface area contributed by atoms with E-state index in [9.17, 15) is 20.2 Å². The van der Waals surface area contributed by atoms with Gasteiger partial charge in [-0.15, -0.1) is 0 Å². The first-order chi connectivity index (χ1) is 8.36. The summed E-state index contributed by atoms with van der Waals surface area (Å²) >= 11 is 0. The van der Waals surface area contributed by atoms with Gasteiger partial charge < -0.3 is 4.74 Å². The van der Waals surface area contributed by atoms with Crippen LogP contribution >= 0.6 is 0 Å². The quantitative estimate of drug-likeness (QED) is 0.532. The Balaban J connectivity index is 2.53. The first kappa shape index (κ1) is 12.7. The molecule has 1 aliphatic carbocycles. The Hall–Kier alpha value is -1.70. The van der Waals surface area contributed by atoms with Crippen LogP contribution in [0.4, 0.5) is 0 Å². The van der Waals surface area contributed by atoms with Crippen molar-refractivity contribution in [3.63, 3.8) is 0 Å². The second kappa shape index (κ2) is 3.91. The number of fused-ring (bicyclic) bond motifs is 2. The maximum atomic E-state index is 11.4. The van der Waals surface area contributed by atoms with E-state index in [1.54, 1.807) is 11.9 Å². The molecule has 2 bridgehead atoms. The van der Waals surface area contributed by atoms with Gasteiger partial charge in [0.05, 0.1) is 26.6 Å². The summed E-state index contributed by atoms with van der Waals surface area (Å²) in [6, 6.07) is 0. The maximum absolute atomic E-state index is 11.4. The summed E-state index contributed by atoms with van der Waals surface area (Å²) in [5, 5.41) is 22.7. The van der Waals surface area contributed by atoms with Gasteiger partial charge in [-0.2, -0.15) is 0 Å². The van der Waals surface area contributed by atoms with Gasteiger partial charge in [-0.3, -0.25) is 25.1 Å². The van der Waals surface area contributed by atoms with Gasteiger partial charge in [0.1, 0.15) is 0 Å². The fourth-order valence-corrected chi connectivity index (χ4v) is 3.12. The monoisotopic (exact) mass is 257 g/mol. The lowest BCUT2D eigenvalue weighted by Gasteiger charge is -2.44. The molecule has 0 amide bonds. The summed E-state index contributed by atoms with van der Waals surface area (Å²) in [7, 11) is 3.03. The molecule has 2 atom stereocenters. The molecule has 2 rings (SSSR count). The Morgan fingerprint density at radius 2 is 2.00 bits per heavy atom. The first-order valence-corrected chi connectivity index (χ1v) is 5.58. The second-order valence-electron chi connectivity index (χ2n) is 5.10. The number of likely N-dealkylation sites (tertiary alicyclic amines) is 1. The van der Waals surface area contributed by atoms with Crippen molar-refractivity contribution < 1.29 is 14.6 Å². The van der Waals surface area contributed by atoms with Gasteiger partial charge in [0.15, 0.2) is 5.76 Å². The molecule has 1 saturated heterocycles. The SMILES string of the molecule is COC1=CC[C@@]2([N+](=O)[O-])CN(C)C[C@@]1([N+](=O)[O-])C2. The molecule has 1 heterocycles. The standard InChI is InChI=1S/C10H15N3O5/c1-11-6-9(12(14)15)4-3-8(18-2)10(5-9,7-11)13(16)17/h3H,4-7H2,1-2H3/t9-,10-/m0/s1. The zero-order valence-electron chi connectivity index (χ0n) is 10.3. The van der Waals surface area contributed by atoms with Crippen LogP contribution in [0.3, 0.4) is 0 Å². The molecule has 0 aromatic rings. The van der Waals surface area contributed by atoms with Crippen molar-refractivity contribution in [2.24, 2.45) is 0 Å². The molecule has 0 N–H and O–H groups in total. The van der Waals surface area contributed by atoms with Gasteiger partial charge in [0.2, 0.25) is 5.54 Å². The predicted molar refractivity (Wildman–Crippen MR) is 61.3 cm³/mol. The summed E-state index contributed by atoms with van der Waals surface area (Å²) in [5.41, 5.74) is -2.77. The summed E-state index contributed by atoms with van der Waals surface area (Å²) in [4.78, 5) is 23.5. The van der Waals surface area contributed by atoms with E-state index in [0.29, 0.717) is 0 Å². The van der Waals surface area contributed by atoms with Crippen LogP contribution < -0.4 is 0 Å². The van der Waals surface area contributed by atoms with Crippen LogP contribution in [-0.2, 0) is 4.74 Å². The van der Waals surface area contributed by atoms with Gasteiger partial charge in [0.25, 0.3) is 5.54 Å². The maximum Gasteiger partial charge on any atom is 0.296 e. The molecule has 100 valence electrons. The van der Waals surface area contributed by atoms with Crippen molar-refractivity contribution in [2.45, 2.75) is 23.9 Å². The third-order valence-corrected chi connectivity index (χ3v) is 3.80. The zero-order valence-corrected chi connectivity index (χ0v) is 10.3. The van der Waals surface area contributed by atoms with Crippen LogP contribution in [0.5, 0.6) is 0 Å². The van der Waals surface area contributed by atoms with Crippen molar-refractivity contribution in [1.29, 1.82) is 0 Å². The van der Waals surface area contributed by atoms with E-state index in [1.165, 1.54) is 13.2 Å². The molecule has 18 heavy (non-hydrogen) atoms. The smallest absolute Gasteiger partial charge is 0.296 e. The molecule has 8 nitrogen and oxygen atoms in total. The molecule has 0 radical (unpaired) electrons. The highest BCUT2D eigenvalue weighted by Crippen LogP contribution is 2.43. The Morgan fingerprint density at radius 3 is 2.50 bits per heavy atom. The van der Waals surface area contributed by atoms with Crippen LogP contribution in [0.1, 0.15) is 12.8 Å². The number of likely N-dealkylation sites (N-methyl/N-ethyl adjacent to an activating group) is 1. The zero-order chi connectivity index (χ0) is 13.6. The van der Waals surface area contributed by atoms with E-state index in [4.69, 9.17) is 4.74 Å². The number of methoxy groups -OCH3 is 1. The van der Waals surface area contributed by atoms with Gasteiger partial charge in [0, 0.05) is 16.3 Å². The van der Waals surface area contributed by atoms with Gasteiger partial charge in [-0.1, -0.05) is 0 Å². The molecular formula is C10H15N3O5. The first-order valence-electron chi connectivity index (χ1n) is 5.58. The number of nitrogens with zero attached hydrogens (tertiary/aromatic N) is 3. The Morgan fingerprint density at radius 1 is 1.33 bits per heavy atom. The summed E-state index contributed by atoms with van der Waals surface area (Å²) in [5.74, 6) is 0.233. The second-order valence-corrected chi connectivity index (χ2v) is 5.10. The largest absolute Gasteiger partial charge is 0.494 e. The molecule has 1 fully saturated rings. The molecule has 2 aliphatic rings. The minimum absolute atomic E-state index is 0.107. The number of rotatable bonds is 3. The molecule has 0 saturated carbocycles.